The van der Waals surface area contributed by atoms with Crippen molar-refractivity contribution in [1.29, 1.82) is 0 Å². The summed E-state index contributed by atoms with van der Waals surface area (Å²) in [6, 6.07) is 0. The fraction of sp³-hybridized carbons (Fsp3) is 0.846. The minimum absolute atomic E-state index is 0.00124. The van der Waals surface area contributed by atoms with Crippen molar-refractivity contribution in [2.24, 2.45) is 17.8 Å². The van der Waals surface area contributed by atoms with Gasteiger partial charge < -0.3 is 9.64 Å². The first-order valence-electron chi connectivity index (χ1n) is 6.54. The van der Waals surface area contributed by atoms with Crippen LogP contribution in [0.25, 0.3) is 0 Å². The van der Waals surface area contributed by atoms with Crippen LogP contribution in [-0.2, 0) is 14.4 Å². The number of ether oxygens (including phenoxy) is 1. The van der Waals surface area contributed by atoms with Crippen molar-refractivity contribution in [3.05, 3.63) is 0 Å². The van der Waals surface area contributed by atoms with Gasteiger partial charge in [-0.15, -0.1) is 0 Å². The second-order valence-corrected chi connectivity index (χ2v) is 6.26. The molecule has 6 nitrogen and oxygen atoms in total. The molecule has 0 unspecified atom stereocenters. The van der Waals surface area contributed by atoms with Crippen molar-refractivity contribution >= 4 is 12.0 Å². The highest BCUT2D eigenvalue weighted by molar-refractivity contribution is 5.82. The van der Waals surface area contributed by atoms with E-state index in [4.69, 9.17) is 9.57 Å². The molecule has 1 saturated carbocycles. The van der Waals surface area contributed by atoms with E-state index >= 15 is 0 Å². The van der Waals surface area contributed by atoms with Crippen molar-refractivity contribution in [2.45, 2.75) is 26.4 Å². The minimum Gasteiger partial charge on any atom is -0.444 e. The number of carbonyl (C=O) groups excluding carboxylic acids is 2. The lowest BCUT2D eigenvalue weighted by Gasteiger charge is -2.26. The highest BCUT2D eigenvalue weighted by atomic mass is 16.7. The SMILES string of the molecule is CON(C)C(=O)[C@@H]1[C@@H]2CN(C(=O)OC(C)(C)C)C[C@@H]21. The Balaban J connectivity index is 1.84. The Labute approximate surface area is 113 Å². The molecule has 2 rings (SSSR count). The highest BCUT2D eigenvalue weighted by Crippen LogP contribution is 2.52. The van der Waals surface area contributed by atoms with Gasteiger partial charge in [0.15, 0.2) is 0 Å². The maximum absolute atomic E-state index is 11.9. The average molecular weight is 270 g/mol. The lowest BCUT2D eigenvalue weighted by atomic mass is 10.2. The number of amides is 2. The van der Waals surface area contributed by atoms with Gasteiger partial charge >= 0.3 is 6.09 Å². The molecule has 1 aliphatic heterocycles. The maximum Gasteiger partial charge on any atom is 0.410 e. The number of likely N-dealkylation sites (tertiary alicyclic amines) is 1. The van der Waals surface area contributed by atoms with E-state index in [2.05, 4.69) is 0 Å². The third-order valence-corrected chi connectivity index (χ3v) is 3.72. The number of nitrogens with zero attached hydrogens (tertiary/aromatic N) is 2. The Hall–Kier alpha value is -1.30. The fourth-order valence-corrected chi connectivity index (χ4v) is 2.67. The van der Waals surface area contributed by atoms with Crippen molar-refractivity contribution in [2.75, 3.05) is 27.2 Å². The van der Waals surface area contributed by atoms with Gasteiger partial charge in [0.2, 0.25) is 5.91 Å². The molecule has 2 amide bonds. The van der Waals surface area contributed by atoms with Gasteiger partial charge in [-0.05, 0) is 32.6 Å². The van der Waals surface area contributed by atoms with Crippen LogP contribution in [0.2, 0.25) is 0 Å². The minimum atomic E-state index is -0.477. The molecule has 6 heteroatoms. The Morgan fingerprint density at radius 1 is 1.21 bits per heavy atom. The molecule has 0 N–H and O–H groups in total. The predicted octanol–water partition coefficient (Wildman–Crippen LogP) is 1.12. The van der Waals surface area contributed by atoms with Crippen LogP contribution in [0, 0.1) is 17.8 Å². The molecule has 1 aliphatic carbocycles. The van der Waals surface area contributed by atoms with Crippen LogP contribution in [0.3, 0.4) is 0 Å². The first-order valence-corrected chi connectivity index (χ1v) is 6.54. The van der Waals surface area contributed by atoms with Crippen LogP contribution in [0.4, 0.5) is 4.79 Å². The molecule has 1 heterocycles. The molecule has 0 aromatic rings. The van der Waals surface area contributed by atoms with Gasteiger partial charge in [-0.1, -0.05) is 0 Å². The number of hydrogen-bond acceptors (Lipinski definition) is 4. The van der Waals surface area contributed by atoms with Crippen LogP contribution < -0.4 is 0 Å². The van der Waals surface area contributed by atoms with Crippen LogP contribution in [0.1, 0.15) is 20.8 Å². The van der Waals surface area contributed by atoms with Crippen LogP contribution in [-0.4, -0.2) is 54.8 Å². The fourth-order valence-electron chi connectivity index (χ4n) is 2.67. The van der Waals surface area contributed by atoms with Crippen LogP contribution in [0.15, 0.2) is 0 Å². The number of hydrogen-bond donors (Lipinski definition) is 0. The van der Waals surface area contributed by atoms with E-state index < -0.39 is 5.60 Å². The first-order chi connectivity index (χ1) is 8.74. The molecule has 2 aliphatic rings. The summed E-state index contributed by atoms with van der Waals surface area (Å²) in [6.07, 6.45) is -0.286. The molecule has 0 aromatic heterocycles. The molecule has 0 bridgehead atoms. The number of rotatable bonds is 2. The summed E-state index contributed by atoms with van der Waals surface area (Å²) in [7, 11) is 3.09. The van der Waals surface area contributed by atoms with Gasteiger partial charge in [0.25, 0.3) is 0 Å². The normalized spacial score (nSPS) is 28.9. The smallest absolute Gasteiger partial charge is 0.410 e. The molecular formula is C13H22N2O4. The van der Waals surface area contributed by atoms with E-state index in [9.17, 15) is 9.59 Å². The summed E-state index contributed by atoms with van der Waals surface area (Å²) in [5.41, 5.74) is -0.477. The largest absolute Gasteiger partial charge is 0.444 e. The van der Waals surface area contributed by atoms with Crippen molar-refractivity contribution < 1.29 is 19.2 Å². The Morgan fingerprint density at radius 3 is 2.16 bits per heavy atom. The third kappa shape index (κ3) is 2.83. The van der Waals surface area contributed by atoms with E-state index in [1.165, 1.54) is 12.2 Å². The standard InChI is InChI=1S/C13H22N2O4/c1-13(2,3)19-12(17)15-6-8-9(7-15)10(8)11(16)14(4)18-5/h8-10H,6-7H2,1-5H3/t8-,9+,10-. The van der Waals surface area contributed by atoms with Gasteiger partial charge in [0.05, 0.1) is 13.0 Å². The van der Waals surface area contributed by atoms with Crippen LogP contribution >= 0.6 is 0 Å². The summed E-state index contributed by atoms with van der Waals surface area (Å²) in [5.74, 6) is 0.528. The zero-order chi connectivity index (χ0) is 14.4. The number of piperidine rings is 1. The quantitative estimate of drug-likeness (QED) is 0.706. The van der Waals surface area contributed by atoms with E-state index in [1.54, 1.807) is 11.9 Å². The summed E-state index contributed by atoms with van der Waals surface area (Å²) in [5, 5.41) is 1.26. The number of fused-ring (bicyclic) bond motifs is 1. The Bertz CT molecular complexity index is 379. The predicted molar refractivity (Wildman–Crippen MR) is 68.1 cm³/mol. The molecular weight excluding hydrogens is 248 g/mol. The molecule has 1 saturated heterocycles. The average Bonchev–Trinajstić information content (AvgIpc) is 2.78. The van der Waals surface area contributed by atoms with E-state index in [-0.39, 0.29) is 29.8 Å². The lowest BCUT2D eigenvalue weighted by molar-refractivity contribution is -0.171. The number of hydroxylamine groups is 2. The third-order valence-electron chi connectivity index (χ3n) is 3.72. The second kappa shape index (κ2) is 4.67. The number of carbonyl (C=O) groups is 2. The van der Waals surface area contributed by atoms with E-state index in [0.29, 0.717) is 13.1 Å². The summed E-state index contributed by atoms with van der Waals surface area (Å²) in [6.45, 7) is 6.76. The maximum atomic E-state index is 11.9. The molecule has 0 radical (unpaired) electrons. The van der Waals surface area contributed by atoms with E-state index in [1.807, 2.05) is 20.8 Å². The zero-order valence-electron chi connectivity index (χ0n) is 12.2. The molecule has 0 spiro atoms. The van der Waals surface area contributed by atoms with Gasteiger partial charge in [-0.3, -0.25) is 9.63 Å². The van der Waals surface area contributed by atoms with Crippen molar-refractivity contribution in [3.63, 3.8) is 0 Å². The molecule has 19 heavy (non-hydrogen) atoms. The molecule has 108 valence electrons. The van der Waals surface area contributed by atoms with Gasteiger partial charge in [-0.25, -0.2) is 9.86 Å². The summed E-state index contributed by atoms with van der Waals surface area (Å²) < 4.78 is 5.32. The molecule has 2 fully saturated rings. The Morgan fingerprint density at radius 2 is 1.74 bits per heavy atom. The van der Waals surface area contributed by atoms with Gasteiger partial charge in [-0.2, -0.15) is 0 Å². The highest BCUT2D eigenvalue weighted by Gasteiger charge is 2.61. The van der Waals surface area contributed by atoms with Gasteiger partial charge in [0.1, 0.15) is 5.60 Å². The lowest BCUT2D eigenvalue weighted by Crippen LogP contribution is -2.38. The summed E-state index contributed by atoms with van der Waals surface area (Å²) >= 11 is 0. The monoisotopic (exact) mass is 270 g/mol. The summed E-state index contributed by atoms with van der Waals surface area (Å²) in [4.78, 5) is 30.4. The van der Waals surface area contributed by atoms with Gasteiger partial charge in [0, 0.05) is 20.1 Å². The van der Waals surface area contributed by atoms with Crippen LogP contribution in [0.5, 0.6) is 0 Å². The molecule has 3 atom stereocenters. The Kier molecular flexibility index (Phi) is 3.47. The zero-order valence-corrected chi connectivity index (χ0v) is 12.2. The van der Waals surface area contributed by atoms with E-state index in [0.717, 1.165) is 0 Å². The topological polar surface area (TPSA) is 59.1 Å². The molecule has 0 aromatic carbocycles. The second-order valence-electron chi connectivity index (χ2n) is 6.26. The first kappa shape index (κ1) is 14.1. The van der Waals surface area contributed by atoms with Crippen molar-refractivity contribution in [1.82, 2.24) is 9.96 Å². The van der Waals surface area contributed by atoms with Crippen molar-refractivity contribution in [3.8, 4) is 0 Å².